The second kappa shape index (κ2) is 9.21. The molecule has 2 amide bonds. The van der Waals surface area contributed by atoms with Crippen LogP contribution in [0.5, 0.6) is 0 Å². The number of pyridine rings is 1. The summed E-state index contributed by atoms with van der Waals surface area (Å²) in [5.74, 6) is -0.297. The van der Waals surface area contributed by atoms with E-state index in [1.54, 1.807) is 30.3 Å². The van der Waals surface area contributed by atoms with Crippen LogP contribution in [-0.2, 0) is 14.3 Å². The van der Waals surface area contributed by atoms with Gasteiger partial charge in [-0.2, -0.15) is 0 Å². The van der Waals surface area contributed by atoms with Crippen molar-refractivity contribution in [2.24, 2.45) is 0 Å². The number of para-hydroxylation sites is 1. The number of carbonyl (C=O) groups excluding carboxylic acids is 3. The number of nitrogens with zero attached hydrogens (tertiary/aromatic N) is 1. The van der Waals surface area contributed by atoms with Crippen LogP contribution in [0.25, 0.3) is 22.4 Å². The van der Waals surface area contributed by atoms with Gasteiger partial charge < -0.3 is 19.8 Å². The highest BCUT2D eigenvalue weighted by Crippen LogP contribution is 2.26. The molecule has 0 aliphatic rings. The van der Waals surface area contributed by atoms with Crippen molar-refractivity contribution in [1.29, 1.82) is 0 Å². The maximum absolute atomic E-state index is 12.7. The van der Waals surface area contributed by atoms with E-state index in [0.29, 0.717) is 22.4 Å². The van der Waals surface area contributed by atoms with Crippen LogP contribution in [0.15, 0.2) is 46.9 Å². The molecule has 156 valence electrons. The van der Waals surface area contributed by atoms with E-state index in [0.717, 1.165) is 5.76 Å². The molecule has 2 aromatic heterocycles. The van der Waals surface area contributed by atoms with Crippen molar-refractivity contribution in [3.8, 4) is 11.5 Å². The van der Waals surface area contributed by atoms with Gasteiger partial charge in [-0.25, -0.2) is 9.78 Å². The predicted molar refractivity (Wildman–Crippen MR) is 111 cm³/mol. The number of benzene rings is 1. The molecule has 0 aliphatic heterocycles. The van der Waals surface area contributed by atoms with E-state index in [1.165, 1.54) is 0 Å². The molecule has 0 radical (unpaired) electrons. The summed E-state index contributed by atoms with van der Waals surface area (Å²) in [5, 5.41) is 5.67. The third kappa shape index (κ3) is 5.22. The van der Waals surface area contributed by atoms with Crippen LogP contribution in [0.1, 0.15) is 30.0 Å². The van der Waals surface area contributed by atoms with E-state index >= 15 is 0 Å². The molecular formula is C22H23N3O5. The lowest BCUT2D eigenvalue weighted by Gasteiger charge is -2.11. The van der Waals surface area contributed by atoms with E-state index in [9.17, 15) is 14.4 Å². The summed E-state index contributed by atoms with van der Waals surface area (Å²) in [4.78, 5) is 40.8. The van der Waals surface area contributed by atoms with Gasteiger partial charge in [0.05, 0.1) is 17.6 Å². The van der Waals surface area contributed by atoms with Gasteiger partial charge in [-0.15, -0.1) is 0 Å². The fourth-order valence-electron chi connectivity index (χ4n) is 2.85. The molecule has 0 atom stereocenters. The second-order valence-electron chi connectivity index (χ2n) is 7.06. The molecule has 0 aliphatic carbocycles. The van der Waals surface area contributed by atoms with Crippen molar-refractivity contribution < 1.29 is 23.5 Å². The van der Waals surface area contributed by atoms with Crippen LogP contribution in [-0.4, -0.2) is 42.0 Å². The van der Waals surface area contributed by atoms with E-state index in [-0.39, 0.29) is 24.1 Å². The summed E-state index contributed by atoms with van der Waals surface area (Å²) in [5.41, 5.74) is 1.37. The van der Waals surface area contributed by atoms with Gasteiger partial charge in [0.2, 0.25) is 5.91 Å². The number of furan rings is 1. The zero-order valence-electron chi connectivity index (χ0n) is 17.0. The summed E-state index contributed by atoms with van der Waals surface area (Å²) in [6.07, 6.45) is 0. The second-order valence-corrected chi connectivity index (χ2v) is 7.06. The molecule has 0 bridgehead atoms. The van der Waals surface area contributed by atoms with Gasteiger partial charge in [-0.3, -0.25) is 9.59 Å². The van der Waals surface area contributed by atoms with Gasteiger partial charge >= 0.3 is 5.97 Å². The zero-order valence-corrected chi connectivity index (χ0v) is 17.0. The molecule has 2 heterocycles. The Morgan fingerprint density at radius 1 is 1.10 bits per heavy atom. The molecular weight excluding hydrogens is 386 g/mol. The Morgan fingerprint density at radius 2 is 1.87 bits per heavy atom. The number of esters is 1. The Hall–Kier alpha value is -3.68. The highest BCUT2D eigenvalue weighted by atomic mass is 16.5. The molecule has 0 spiro atoms. The van der Waals surface area contributed by atoms with E-state index in [1.807, 2.05) is 32.9 Å². The molecule has 3 rings (SSSR count). The zero-order chi connectivity index (χ0) is 21.7. The fourth-order valence-corrected chi connectivity index (χ4v) is 2.85. The summed E-state index contributed by atoms with van der Waals surface area (Å²) >= 11 is 0. The molecule has 3 aromatic rings. The lowest BCUT2D eigenvalue weighted by atomic mass is 10.1. The van der Waals surface area contributed by atoms with Crippen LogP contribution in [0, 0.1) is 6.92 Å². The van der Waals surface area contributed by atoms with Crippen molar-refractivity contribution in [1.82, 2.24) is 15.6 Å². The van der Waals surface area contributed by atoms with E-state index < -0.39 is 18.5 Å². The number of rotatable bonds is 7. The summed E-state index contributed by atoms with van der Waals surface area (Å²) in [7, 11) is 0. The molecule has 1 aromatic carbocycles. The number of hydrogen-bond donors (Lipinski definition) is 2. The minimum Gasteiger partial charge on any atom is -0.460 e. The lowest BCUT2D eigenvalue weighted by Crippen LogP contribution is -2.41. The van der Waals surface area contributed by atoms with Crippen molar-refractivity contribution in [2.75, 3.05) is 13.2 Å². The van der Waals surface area contributed by atoms with Crippen LogP contribution in [0.2, 0.25) is 0 Å². The van der Waals surface area contributed by atoms with Crippen LogP contribution in [0.4, 0.5) is 0 Å². The number of amides is 2. The topological polar surface area (TPSA) is 111 Å². The molecule has 8 heteroatoms. The highest BCUT2D eigenvalue weighted by Gasteiger charge is 2.18. The molecule has 0 saturated heterocycles. The molecule has 30 heavy (non-hydrogen) atoms. The number of aromatic nitrogens is 1. The minimum absolute atomic E-state index is 0.0284. The standard InChI is InChI=1S/C22H23N3O5/c1-13(2)24-20(26)11-23-21(27)12-29-22(28)16-10-18(19-9-8-14(3)30-19)25-17-7-5-4-6-15(16)17/h4-10,13H,11-12H2,1-3H3,(H,23,27)(H,24,26). The summed E-state index contributed by atoms with van der Waals surface area (Å²) in [6.45, 7) is 4.77. The maximum Gasteiger partial charge on any atom is 0.339 e. The Labute approximate surface area is 173 Å². The van der Waals surface area contributed by atoms with Gasteiger partial charge in [-0.1, -0.05) is 18.2 Å². The van der Waals surface area contributed by atoms with Gasteiger partial charge in [0.25, 0.3) is 5.91 Å². The van der Waals surface area contributed by atoms with Gasteiger partial charge in [0.1, 0.15) is 11.5 Å². The maximum atomic E-state index is 12.7. The molecule has 0 unspecified atom stereocenters. The number of nitrogens with one attached hydrogen (secondary N) is 2. The number of ether oxygens (including phenoxy) is 1. The van der Waals surface area contributed by atoms with Crippen molar-refractivity contribution in [3.05, 3.63) is 53.8 Å². The van der Waals surface area contributed by atoms with Crippen molar-refractivity contribution in [2.45, 2.75) is 26.8 Å². The number of fused-ring (bicyclic) bond motifs is 1. The average molecular weight is 409 g/mol. The van der Waals surface area contributed by atoms with Crippen LogP contribution in [0.3, 0.4) is 0 Å². The van der Waals surface area contributed by atoms with E-state index in [4.69, 9.17) is 9.15 Å². The first-order valence-electron chi connectivity index (χ1n) is 9.53. The first-order chi connectivity index (χ1) is 14.3. The minimum atomic E-state index is -0.667. The smallest absolute Gasteiger partial charge is 0.339 e. The molecule has 8 nitrogen and oxygen atoms in total. The Balaban J connectivity index is 1.73. The number of aryl methyl sites for hydroxylation is 1. The normalized spacial score (nSPS) is 10.8. The highest BCUT2D eigenvalue weighted by molar-refractivity contribution is 6.05. The quantitative estimate of drug-likeness (QED) is 0.581. The molecule has 0 saturated carbocycles. The fraction of sp³-hybridized carbons (Fsp3) is 0.273. The SMILES string of the molecule is Cc1ccc(-c2cc(C(=O)OCC(=O)NCC(=O)NC(C)C)c3ccccc3n2)o1. The van der Waals surface area contributed by atoms with Crippen LogP contribution < -0.4 is 10.6 Å². The molecule has 2 N–H and O–H groups in total. The molecule has 0 fully saturated rings. The average Bonchev–Trinajstić information content (AvgIpc) is 3.15. The predicted octanol–water partition coefficient (Wildman–Crippen LogP) is 2.60. The van der Waals surface area contributed by atoms with Crippen LogP contribution >= 0.6 is 0 Å². The number of hydrogen-bond acceptors (Lipinski definition) is 6. The first kappa shape index (κ1) is 21.0. The third-order valence-electron chi connectivity index (χ3n) is 4.16. The largest absolute Gasteiger partial charge is 0.460 e. The van der Waals surface area contributed by atoms with E-state index in [2.05, 4.69) is 15.6 Å². The van der Waals surface area contributed by atoms with Gasteiger partial charge in [0, 0.05) is 11.4 Å². The summed E-state index contributed by atoms with van der Waals surface area (Å²) in [6, 6.07) is 12.3. The Morgan fingerprint density at radius 3 is 2.57 bits per heavy atom. The first-order valence-corrected chi connectivity index (χ1v) is 9.53. The van der Waals surface area contributed by atoms with Gasteiger partial charge in [-0.05, 0) is 45.0 Å². The Bertz CT molecular complexity index is 1090. The Kier molecular flexibility index (Phi) is 6.46. The summed E-state index contributed by atoms with van der Waals surface area (Å²) < 4.78 is 10.8. The monoisotopic (exact) mass is 409 g/mol. The van der Waals surface area contributed by atoms with Crippen molar-refractivity contribution in [3.63, 3.8) is 0 Å². The number of carbonyl (C=O) groups is 3. The lowest BCUT2D eigenvalue weighted by molar-refractivity contribution is -0.128. The van der Waals surface area contributed by atoms with Gasteiger partial charge in [0.15, 0.2) is 12.4 Å². The van der Waals surface area contributed by atoms with Crippen molar-refractivity contribution >= 4 is 28.7 Å². The third-order valence-corrected chi connectivity index (χ3v) is 4.16.